The molecule has 3 fully saturated rings. The van der Waals surface area contributed by atoms with Crippen molar-refractivity contribution in [2.45, 2.75) is 76.7 Å². The van der Waals surface area contributed by atoms with Crippen LogP contribution >= 0.6 is 0 Å². The van der Waals surface area contributed by atoms with E-state index < -0.39 is 0 Å². The lowest BCUT2D eigenvalue weighted by Gasteiger charge is -2.33. The van der Waals surface area contributed by atoms with Gasteiger partial charge in [-0.1, -0.05) is 32.1 Å². The molecule has 2 aromatic rings. The van der Waals surface area contributed by atoms with Crippen LogP contribution in [-0.2, 0) is 7.05 Å². The van der Waals surface area contributed by atoms with Gasteiger partial charge in [-0.05, 0) is 56.6 Å². The van der Waals surface area contributed by atoms with Crippen LogP contribution < -0.4 is 10.2 Å². The third kappa shape index (κ3) is 5.34. The van der Waals surface area contributed by atoms with Crippen molar-refractivity contribution >= 4 is 22.8 Å². The highest BCUT2D eigenvalue weighted by molar-refractivity contribution is 6.04. The molecule has 1 N–H and O–H groups in total. The van der Waals surface area contributed by atoms with Crippen LogP contribution in [0.1, 0.15) is 81.1 Å². The minimum absolute atomic E-state index is 0.0596. The number of likely N-dealkylation sites (tertiary alicyclic amines) is 1. The molecule has 1 aliphatic carbocycles. The smallest absolute Gasteiger partial charge is 0.272 e. The predicted molar refractivity (Wildman–Crippen MR) is 133 cm³/mol. The van der Waals surface area contributed by atoms with Crippen LogP contribution in [0.15, 0.2) is 12.1 Å². The van der Waals surface area contributed by atoms with Gasteiger partial charge in [0.1, 0.15) is 5.82 Å². The van der Waals surface area contributed by atoms with Gasteiger partial charge in [-0.3, -0.25) is 4.79 Å². The molecule has 5 rings (SSSR count). The summed E-state index contributed by atoms with van der Waals surface area (Å²) in [6.07, 6.45) is 14.1. The van der Waals surface area contributed by atoms with Gasteiger partial charge in [-0.15, -0.1) is 0 Å². The van der Waals surface area contributed by atoms with Gasteiger partial charge in [0.15, 0.2) is 11.3 Å². The van der Waals surface area contributed by atoms with E-state index in [1.54, 1.807) is 4.68 Å². The fraction of sp³-hybridized carbons (Fsp3) is 0.731. The molecular weight excluding hydrogens is 412 g/mol. The van der Waals surface area contributed by atoms with Gasteiger partial charge in [-0.25, -0.2) is 9.67 Å². The molecule has 4 heterocycles. The second-order valence-corrected chi connectivity index (χ2v) is 10.5. The maximum atomic E-state index is 13.1. The van der Waals surface area contributed by atoms with E-state index in [1.165, 1.54) is 64.3 Å². The molecule has 33 heavy (non-hydrogen) atoms. The van der Waals surface area contributed by atoms with Gasteiger partial charge in [-0.2, -0.15) is 5.10 Å². The Balaban J connectivity index is 1.21. The fourth-order valence-electron chi connectivity index (χ4n) is 6.01. The van der Waals surface area contributed by atoms with Crippen LogP contribution in [0.4, 0.5) is 5.82 Å². The SMILES string of the molecule is Cn1nc(C(=O)NC2CCN(CC3CCCC3)CC2)c2ccc(N3CCCCCCC3)nc21. The normalized spacial score (nSPS) is 21.9. The highest BCUT2D eigenvalue weighted by atomic mass is 16.2. The highest BCUT2D eigenvalue weighted by Gasteiger charge is 2.26. The van der Waals surface area contributed by atoms with E-state index in [-0.39, 0.29) is 11.9 Å². The number of carbonyl (C=O) groups excluding carboxylic acids is 1. The lowest BCUT2D eigenvalue weighted by molar-refractivity contribution is 0.0901. The largest absolute Gasteiger partial charge is 0.357 e. The summed E-state index contributed by atoms with van der Waals surface area (Å²) in [5.41, 5.74) is 1.30. The molecule has 0 spiro atoms. The van der Waals surface area contributed by atoms with Gasteiger partial charge >= 0.3 is 0 Å². The summed E-state index contributed by atoms with van der Waals surface area (Å²) < 4.78 is 1.77. The number of aryl methyl sites for hydroxylation is 1. The molecule has 7 nitrogen and oxygen atoms in total. The van der Waals surface area contributed by atoms with Gasteiger partial charge in [0, 0.05) is 45.8 Å². The molecule has 0 bridgehead atoms. The number of rotatable bonds is 5. The Morgan fingerprint density at radius 3 is 2.36 bits per heavy atom. The van der Waals surface area contributed by atoms with Crippen molar-refractivity contribution in [2.24, 2.45) is 13.0 Å². The van der Waals surface area contributed by atoms with Gasteiger partial charge in [0.2, 0.25) is 0 Å². The quantitative estimate of drug-likeness (QED) is 0.739. The highest BCUT2D eigenvalue weighted by Crippen LogP contribution is 2.27. The third-order valence-corrected chi connectivity index (χ3v) is 7.98. The number of nitrogens with zero attached hydrogens (tertiary/aromatic N) is 5. The van der Waals surface area contributed by atoms with E-state index in [1.807, 2.05) is 13.1 Å². The summed E-state index contributed by atoms with van der Waals surface area (Å²) >= 11 is 0. The molecule has 2 saturated heterocycles. The lowest BCUT2D eigenvalue weighted by Crippen LogP contribution is -2.45. The van der Waals surface area contributed by atoms with Crippen LogP contribution in [0.5, 0.6) is 0 Å². The van der Waals surface area contributed by atoms with Crippen molar-refractivity contribution in [2.75, 3.05) is 37.6 Å². The first kappa shape index (κ1) is 22.6. The molecule has 0 unspecified atom stereocenters. The summed E-state index contributed by atoms with van der Waals surface area (Å²) in [5.74, 6) is 1.84. The van der Waals surface area contributed by atoms with Crippen molar-refractivity contribution in [3.63, 3.8) is 0 Å². The number of nitrogens with one attached hydrogen (secondary N) is 1. The average molecular weight is 453 g/mol. The first-order valence-electron chi connectivity index (χ1n) is 13.3. The fourth-order valence-corrected chi connectivity index (χ4v) is 6.01. The first-order valence-corrected chi connectivity index (χ1v) is 13.3. The Labute approximate surface area is 197 Å². The number of carbonyl (C=O) groups is 1. The number of pyridine rings is 1. The number of aromatic nitrogens is 3. The minimum atomic E-state index is -0.0596. The summed E-state index contributed by atoms with van der Waals surface area (Å²) in [6.45, 7) is 5.54. The van der Waals surface area contributed by atoms with Crippen LogP contribution in [0.2, 0.25) is 0 Å². The standard InChI is InChI=1S/C26H40N6O/c1-30-25-22(11-12-23(28-25)32-15-7-3-2-4-8-16-32)24(29-30)26(33)27-21-13-17-31(18-14-21)19-20-9-5-6-10-20/h11-12,20-21H,2-10,13-19H2,1H3,(H,27,33). The van der Waals surface area contributed by atoms with Crippen LogP contribution in [0.3, 0.4) is 0 Å². The van der Waals surface area contributed by atoms with Crippen LogP contribution in [0, 0.1) is 5.92 Å². The average Bonchev–Trinajstić information content (AvgIpc) is 3.43. The second-order valence-electron chi connectivity index (χ2n) is 10.5. The number of hydrogen-bond acceptors (Lipinski definition) is 5. The topological polar surface area (TPSA) is 66.3 Å². The molecule has 2 aromatic heterocycles. The molecule has 2 aliphatic heterocycles. The minimum Gasteiger partial charge on any atom is -0.357 e. The van der Waals surface area contributed by atoms with Gasteiger partial charge < -0.3 is 15.1 Å². The Bertz CT molecular complexity index is 934. The Kier molecular flexibility index (Phi) is 7.14. The molecular formula is C26H40N6O. The molecule has 1 saturated carbocycles. The number of piperidine rings is 1. The summed E-state index contributed by atoms with van der Waals surface area (Å²) in [7, 11) is 1.89. The molecule has 0 atom stereocenters. The Hall–Kier alpha value is -2.15. The molecule has 7 heteroatoms. The van der Waals surface area contributed by atoms with Crippen LogP contribution in [0.25, 0.3) is 11.0 Å². The predicted octanol–water partition coefficient (Wildman–Crippen LogP) is 4.12. The van der Waals surface area contributed by atoms with E-state index in [9.17, 15) is 4.79 Å². The maximum absolute atomic E-state index is 13.1. The van der Waals surface area contributed by atoms with Gasteiger partial charge in [0.05, 0.1) is 5.39 Å². The van der Waals surface area contributed by atoms with Crippen LogP contribution in [-0.4, -0.2) is 64.3 Å². The zero-order valence-corrected chi connectivity index (χ0v) is 20.3. The number of hydrogen-bond donors (Lipinski definition) is 1. The molecule has 0 radical (unpaired) electrons. The van der Waals surface area contributed by atoms with Crippen molar-refractivity contribution in [1.29, 1.82) is 0 Å². The number of anilines is 1. The lowest BCUT2D eigenvalue weighted by atomic mass is 10.0. The molecule has 3 aliphatic rings. The van der Waals surface area contributed by atoms with E-state index >= 15 is 0 Å². The van der Waals surface area contributed by atoms with E-state index in [4.69, 9.17) is 4.98 Å². The van der Waals surface area contributed by atoms with Crippen molar-refractivity contribution in [3.05, 3.63) is 17.8 Å². The number of amides is 1. The zero-order valence-electron chi connectivity index (χ0n) is 20.3. The van der Waals surface area contributed by atoms with E-state index in [2.05, 4.69) is 26.3 Å². The second kappa shape index (κ2) is 10.4. The van der Waals surface area contributed by atoms with Crippen molar-refractivity contribution in [1.82, 2.24) is 25.0 Å². The Morgan fingerprint density at radius 2 is 1.64 bits per heavy atom. The van der Waals surface area contributed by atoms with E-state index in [0.717, 1.165) is 61.8 Å². The number of fused-ring (bicyclic) bond motifs is 1. The molecule has 180 valence electrons. The monoisotopic (exact) mass is 452 g/mol. The Morgan fingerprint density at radius 1 is 0.939 bits per heavy atom. The van der Waals surface area contributed by atoms with Crippen molar-refractivity contribution < 1.29 is 4.79 Å². The maximum Gasteiger partial charge on any atom is 0.272 e. The third-order valence-electron chi connectivity index (χ3n) is 7.98. The molecule has 1 amide bonds. The summed E-state index contributed by atoms with van der Waals surface area (Å²) in [6, 6.07) is 4.36. The summed E-state index contributed by atoms with van der Waals surface area (Å²) in [4.78, 5) is 23.0. The first-order chi connectivity index (χ1) is 16.2. The zero-order chi connectivity index (χ0) is 22.6. The van der Waals surface area contributed by atoms with Crippen molar-refractivity contribution in [3.8, 4) is 0 Å². The summed E-state index contributed by atoms with van der Waals surface area (Å²) in [5, 5.41) is 8.69. The molecule has 0 aromatic carbocycles. The van der Waals surface area contributed by atoms with Gasteiger partial charge in [0.25, 0.3) is 5.91 Å². The van der Waals surface area contributed by atoms with E-state index in [0.29, 0.717) is 5.69 Å².